The van der Waals surface area contributed by atoms with Crippen LogP contribution in [0.25, 0.3) is 0 Å². The monoisotopic (exact) mass is 298 g/mol. The highest BCUT2D eigenvalue weighted by molar-refractivity contribution is 5.06. The molecule has 0 amide bonds. The maximum atomic E-state index is 10.2. The zero-order chi connectivity index (χ0) is 15.9. The summed E-state index contributed by atoms with van der Waals surface area (Å²) in [6.07, 6.45) is 1.53. The summed E-state index contributed by atoms with van der Waals surface area (Å²) >= 11 is 0. The number of methoxy groups -OCH3 is 1. The van der Waals surface area contributed by atoms with Crippen LogP contribution in [0.3, 0.4) is 0 Å². The fraction of sp³-hybridized carbons (Fsp3) is 0.750. The van der Waals surface area contributed by atoms with Gasteiger partial charge >= 0.3 is 0 Å². The molecule has 0 aliphatic carbocycles. The highest BCUT2D eigenvalue weighted by Crippen LogP contribution is 2.09. The minimum atomic E-state index is -0.499. The minimum absolute atomic E-state index is 0.226. The molecule has 0 radical (unpaired) electrons. The molecule has 1 heterocycles. The predicted molar refractivity (Wildman–Crippen MR) is 84.3 cm³/mol. The Kier molecular flexibility index (Phi) is 7.39. The van der Waals surface area contributed by atoms with Gasteiger partial charge in [-0.2, -0.15) is 0 Å². The molecule has 5 heteroatoms. The summed E-state index contributed by atoms with van der Waals surface area (Å²) in [5.74, 6) is 0. The van der Waals surface area contributed by atoms with Crippen molar-refractivity contribution in [2.75, 3.05) is 33.4 Å². The number of nitrogens with zero attached hydrogens (tertiary/aromatic N) is 2. The smallest absolute Gasteiger partial charge is 0.0900 e. The van der Waals surface area contributed by atoms with Crippen LogP contribution in [0.4, 0.5) is 0 Å². The third-order valence-electron chi connectivity index (χ3n) is 3.23. The normalized spacial score (nSPS) is 13.9. The van der Waals surface area contributed by atoms with E-state index >= 15 is 0 Å². The fourth-order valence-electron chi connectivity index (χ4n) is 2.04. The van der Waals surface area contributed by atoms with Crippen molar-refractivity contribution in [2.45, 2.75) is 39.0 Å². The van der Waals surface area contributed by atoms with E-state index < -0.39 is 6.10 Å². The summed E-state index contributed by atoms with van der Waals surface area (Å²) in [6, 6.07) is 4.13. The lowest BCUT2D eigenvalue weighted by Gasteiger charge is -2.27. The first-order chi connectivity index (χ1) is 9.81. The van der Waals surface area contributed by atoms with Crippen molar-refractivity contribution in [1.29, 1.82) is 0 Å². The number of hydrogen-bond donors (Lipinski definition) is 1. The van der Waals surface area contributed by atoms with Gasteiger partial charge in [0.2, 0.25) is 0 Å². The van der Waals surface area contributed by atoms with Crippen LogP contribution in [-0.2, 0) is 23.1 Å². The summed E-state index contributed by atoms with van der Waals surface area (Å²) in [6.45, 7) is 9.13. The van der Waals surface area contributed by atoms with Crippen molar-refractivity contribution in [3.05, 3.63) is 24.0 Å². The quantitative estimate of drug-likeness (QED) is 0.753. The van der Waals surface area contributed by atoms with Gasteiger partial charge in [-0.25, -0.2) is 0 Å². The average molecular weight is 298 g/mol. The van der Waals surface area contributed by atoms with Gasteiger partial charge in [-0.15, -0.1) is 0 Å². The van der Waals surface area contributed by atoms with Gasteiger partial charge in [0.05, 0.1) is 24.9 Å². The highest BCUT2D eigenvalue weighted by atomic mass is 16.5. The molecule has 0 saturated heterocycles. The first-order valence-corrected chi connectivity index (χ1v) is 7.45. The van der Waals surface area contributed by atoms with Crippen LogP contribution in [0, 0.1) is 0 Å². The van der Waals surface area contributed by atoms with E-state index in [0.29, 0.717) is 19.8 Å². The van der Waals surface area contributed by atoms with Crippen LogP contribution < -0.4 is 0 Å². The molecule has 122 valence electrons. The fourth-order valence-corrected chi connectivity index (χ4v) is 2.04. The number of rotatable bonds is 9. The Balaban J connectivity index is 2.51. The van der Waals surface area contributed by atoms with E-state index in [-0.39, 0.29) is 5.60 Å². The molecule has 0 aromatic carbocycles. The molecule has 1 N–H and O–H groups in total. The summed E-state index contributed by atoms with van der Waals surface area (Å²) < 4.78 is 12.9. The van der Waals surface area contributed by atoms with Crippen molar-refractivity contribution < 1.29 is 14.6 Å². The van der Waals surface area contributed by atoms with E-state index in [1.807, 2.05) is 40.1 Å². The standard InChI is InChI=1S/C16H30N2O3/c1-16(2,3)21-13-15(19)12-18(9-10-20-5)11-14-7-6-8-17(14)4/h6-8,15,19H,9-13H2,1-5H3. The highest BCUT2D eigenvalue weighted by Gasteiger charge is 2.17. The maximum Gasteiger partial charge on any atom is 0.0900 e. The molecule has 0 aliphatic heterocycles. The zero-order valence-corrected chi connectivity index (χ0v) is 14.0. The molecule has 1 atom stereocenters. The lowest BCUT2D eigenvalue weighted by Crippen LogP contribution is -2.38. The number of ether oxygens (including phenoxy) is 2. The molecule has 1 aromatic heterocycles. The van der Waals surface area contributed by atoms with Gasteiger partial charge in [-0.1, -0.05) is 0 Å². The van der Waals surface area contributed by atoms with E-state index in [1.165, 1.54) is 5.69 Å². The van der Waals surface area contributed by atoms with Crippen LogP contribution in [0.5, 0.6) is 0 Å². The largest absolute Gasteiger partial charge is 0.389 e. The molecule has 0 fully saturated rings. The van der Waals surface area contributed by atoms with Crippen molar-refractivity contribution in [1.82, 2.24) is 9.47 Å². The second kappa shape index (κ2) is 8.54. The number of aryl methyl sites for hydroxylation is 1. The van der Waals surface area contributed by atoms with Crippen LogP contribution >= 0.6 is 0 Å². The van der Waals surface area contributed by atoms with Gasteiger partial charge < -0.3 is 19.1 Å². The Morgan fingerprint density at radius 1 is 1.38 bits per heavy atom. The van der Waals surface area contributed by atoms with Gasteiger partial charge in [0.15, 0.2) is 0 Å². The topological polar surface area (TPSA) is 46.9 Å². The molecule has 0 spiro atoms. The second-order valence-electron chi connectivity index (χ2n) is 6.42. The predicted octanol–water partition coefficient (Wildman–Crippen LogP) is 1.65. The summed E-state index contributed by atoms with van der Waals surface area (Å²) in [5.41, 5.74) is 0.992. The molecule has 0 bridgehead atoms. The van der Waals surface area contributed by atoms with E-state index in [4.69, 9.17) is 9.47 Å². The number of aromatic nitrogens is 1. The number of aliphatic hydroxyl groups is 1. The van der Waals surface area contributed by atoms with E-state index in [1.54, 1.807) is 7.11 Å². The molecular weight excluding hydrogens is 268 g/mol. The van der Waals surface area contributed by atoms with Gasteiger partial charge in [-0.3, -0.25) is 4.90 Å². The summed E-state index contributed by atoms with van der Waals surface area (Å²) in [5, 5.41) is 10.2. The number of hydrogen-bond acceptors (Lipinski definition) is 4. The van der Waals surface area contributed by atoms with Crippen LogP contribution in [0.15, 0.2) is 18.3 Å². The lowest BCUT2D eigenvalue weighted by molar-refractivity contribution is -0.0577. The van der Waals surface area contributed by atoms with Crippen molar-refractivity contribution in [3.63, 3.8) is 0 Å². The third-order valence-corrected chi connectivity index (χ3v) is 3.23. The zero-order valence-electron chi connectivity index (χ0n) is 14.0. The molecule has 0 aliphatic rings. The van der Waals surface area contributed by atoms with Crippen LogP contribution in [0.2, 0.25) is 0 Å². The van der Waals surface area contributed by atoms with E-state index in [9.17, 15) is 5.11 Å². The molecule has 1 aromatic rings. The SMILES string of the molecule is COCCN(Cc1cccn1C)CC(O)COC(C)(C)C. The number of aliphatic hydroxyl groups excluding tert-OH is 1. The molecular formula is C16H30N2O3. The van der Waals surface area contributed by atoms with Crippen molar-refractivity contribution >= 4 is 0 Å². The Hall–Kier alpha value is -0.880. The summed E-state index contributed by atoms with van der Waals surface area (Å²) in [4.78, 5) is 2.19. The Labute approximate surface area is 128 Å². The average Bonchev–Trinajstić information content (AvgIpc) is 2.78. The molecule has 0 saturated carbocycles. The van der Waals surface area contributed by atoms with Crippen molar-refractivity contribution in [2.24, 2.45) is 7.05 Å². The second-order valence-corrected chi connectivity index (χ2v) is 6.42. The van der Waals surface area contributed by atoms with E-state index in [0.717, 1.165) is 13.1 Å². The molecule has 1 unspecified atom stereocenters. The maximum absolute atomic E-state index is 10.2. The summed E-state index contributed by atoms with van der Waals surface area (Å²) in [7, 11) is 3.73. The van der Waals surface area contributed by atoms with Crippen LogP contribution in [0.1, 0.15) is 26.5 Å². The lowest BCUT2D eigenvalue weighted by atomic mass is 10.2. The Morgan fingerprint density at radius 2 is 2.10 bits per heavy atom. The van der Waals surface area contributed by atoms with E-state index in [2.05, 4.69) is 15.5 Å². The Morgan fingerprint density at radius 3 is 2.62 bits per heavy atom. The third kappa shape index (κ3) is 7.62. The Bertz CT molecular complexity index is 398. The van der Waals surface area contributed by atoms with Crippen LogP contribution in [-0.4, -0.2) is 59.7 Å². The van der Waals surface area contributed by atoms with Crippen molar-refractivity contribution in [3.8, 4) is 0 Å². The first kappa shape index (κ1) is 18.2. The van der Waals surface area contributed by atoms with Gasteiger partial charge in [0.25, 0.3) is 0 Å². The van der Waals surface area contributed by atoms with Gasteiger partial charge in [0.1, 0.15) is 0 Å². The van der Waals surface area contributed by atoms with Gasteiger partial charge in [-0.05, 0) is 32.9 Å². The molecule has 1 rings (SSSR count). The van der Waals surface area contributed by atoms with Gasteiger partial charge in [0, 0.05) is 45.7 Å². The minimum Gasteiger partial charge on any atom is -0.389 e. The molecule has 5 nitrogen and oxygen atoms in total. The first-order valence-electron chi connectivity index (χ1n) is 7.45. The molecule has 21 heavy (non-hydrogen) atoms.